The quantitative estimate of drug-likeness (QED) is 0.873. The molecule has 1 aliphatic carbocycles. The van der Waals surface area contributed by atoms with Crippen molar-refractivity contribution in [3.63, 3.8) is 0 Å². The first kappa shape index (κ1) is 12.6. The molecule has 1 aromatic rings. The molecule has 0 aliphatic heterocycles. The van der Waals surface area contributed by atoms with Crippen molar-refractivity contribution in [1.82, 2.24) is 10.1 Å². The summed E-state index contributed by atoms with van der Waals surface area (Å²) in [5, 5.41) is 4.10. The van der Waals surface area contributed by atoms with Gasteiger partial charge in [0.15, 0.2) is 5.82 Å². The third-order valence-corrected chi connectivity index (χ3v) is 3.76. The van der Waals surface area contributed by atoms with Crippen molar-refractivity contribution in [2.45, 2.75) is 64.3 Å². The maximum absolute atomic E-state index is 5.97. The van der Waals surface area contributed by atoms with Gasteiger partial charge in [-0.3, -0.25) is 0 Å². The van der Waals surface area contributed by atoms with E-state index >= 15 is 0 Å². The summed E-state index contributed by atoms with van der Waals surface area (Å²) < 4.78 is 5.27. The van der Waals surface area contributed by atoms with Crippen molar-refractivity contribution in [3.8, 4) is 0 Å². The highest BCUT2D eigenvalue weighted by Crippen LogP contribution is 2.34. The van der Waals surface area contributed by atoms with Gasteiger partial charge in [-0.05, 0) is 25.2 Å². The normalized spacial score (nSPS) is 27.0. The standard InChI is InChI=1S/C13H23N3O/c1-3-4-11(14)13-15-12(16-17-13)10-7-5-9(2)6-8-10/h9-11H,3-8,14H2,1-2H3. The first-order valence-electron chi connectivity index (χ1n) is 6.79. The van der Waals surface area contributed by atoms with E-state index in [4.69, 9.17) is 10.3 Å². The van der Waals surface area contributed by atoms with Gasteiger partial charge >= 0.3 is 0 Å². The lowest BCUT2D eigenvalue weighted by Crippen LogP contribution is -2.13. The van der Waals surface area contributed by atoms with E-state index < -0.39 is 0 Å². The summed E-state index contributed by atoms with van der Waals surface area (Å²) in [4.78, 5) is 4.47. The summed E-state index contributed by atoms with van der Waals surface area (Å²) >= 11 is 0. The molecule has 1 saturated carbocycles. The SMILES string of the molecule is CCCC(N)c1nc(C2CCC(C)CC2)no1. The molecule has 2 N–H and O–H groups in total. The molecule has 0 spiro atoms. The Morgan fingerprint density at radius 2 is 2.06 bits per heavy atom. The second-order valence-corrected chi connectivity index (χ2v) is 5.34. The highest BCUT2D eigenvalue weighted by atomic mass is 16.5. The molecule has 0 radical (unpaired) electrons. The molecule has 0 aromatic carbocycles. The average molecular weight is 237 g/mol. The smallest absolute Gasteiger partial charge is 0.243 e. The molecular weight excluding hydrogens is 214 g/mol. The Labute approximate surface area is 103 Å². The minimum atomic E-state index is -0.0937. The number of nitrogens with two attached hydrogens (primary N) is 1. The van der Waals surface area contributed by atoms with Crippen LogP contribution in [-0.2, 0) is 0 Å². The van der Waals surface area contributed by atoms with Crippen LogP contribution in [-0.4, -0.2) is 10.1 Å². The van der Waals surface area contributed by atoms with Crippen LogP contribution in [0.4, 0.5) is 0 Å². The number of nitrogens with zero attached hydrogens (tertiary/aromatic N) is 2. The predicted molar refractivity (Wildman–Crippen MR) is 66.5 cm³/mol. The second-order valence-electron chi connectivity index (χ2n) is 5.34. The Balaban J connectivity index is 1.98. The molecule has 2 rings (SSSR count). The van der Waals surface area contributed by atoms with Crippen LogP contribution in [0.25, 0.3) is 0 Å². The van der Waals surface area contributed by atoms with E-state index in [1.165, 1.54) is 25.7 Å². The van der Waals surface area contributed by atoms with Gasteiger partial charge in [-0.1, -0.05) is 38.3 Å². The van der Waals surface area contributed by atoms with E-state index in [9.17, 15) is 0 Å². The fraction of sp³-hybridized carbons (Fsp3) is 0.846. The first-order chi connectivity index (χ1) is 8.20. The second kappa shape index (κ2) is 5.63. The third-order valence-electron chi connectivity index (χ3n) is 3.76. The molecule has 0 saturated heterocycles. The van der Waals surface area contributed by atoms with Crippen LogP contribution in [0.15, 0.2) is 4.52 Å². The number of hydrogen-bond acceptors (Lipinski definition) is 4. The van der Waals surface area contributed by atoms with Crippen LogP contribution in [0.3, 0.4) is 0 Å². The Hall–Kier alpha value is -0.900. The van der Waals surface area contributed by atoms with Crippen LogP contribution in [0.2, 0.25) is 0 Å². The fourth-order valence-corrected chi connectivity index (χ4v) is 2.52. The molecule has 1 unspecified atom stereocenters. The summed E-state index contributed by atoms with van der Waals surface area (Å²) in [5.74, 6) is 2.82. The Kier molecular flexibility index (Phi) is 4.15. The first-order valence-corrected chi connectivity index (χ1v) is 6.79. The van der Waals surface area contributed by atoms with E-state index in [1.54, 1.807) is 0 Å². The topological polar surface area (TPSA) is 64.9 Å². The van der Waals surface area contributed by atoms with Crippen molar-refractivity contribution < 1.29 is 4.52 Å². The maximum Gasteiger partial charge on any atom is 0.243 e. The summed E-state index contributed by atoms with van der Waals surface area (Å²) in [6, 6.07) is -0.0937. The molecule has 1 aromatic heterocycles. The zero-order valence-electron chi connectivity index (χ0n) is 10.9. The lowest BCUT2D eigenvalue weighted by atomic mass is 9.83. The molecule has 0 bridgehead atoms. The zero-order chi connectivity index (χ0) is 12.3. The Bertz CT molecular complexity index is 342. The van der Waals surface area contributed by atoms with E-state index in [2.05, 4.69) is 24.0 Å². The predicted octanol–water partition coefficient (Wildman–Crippen LogP) is 3.16. The summed E-state index contributed by atoms with van der Waals surface area (Å²) in [7, 11) is 0. The van der Waals surface area contributed by atoms with Gasteiger partial charge in [0, 0.05) is 5.92 Å². The van der Waals surface area contributed by atoms with Crippen molar-refractivity contribution in [3.05, 3.63) is 11.7 Å². The van der Waals surface area contributed by atoms with Crippen molar-refractivity contribution in [1.29, 1.82) is 0 Å². The van der Waals surface area contributed by atoms with Gasteiger partial charge in [0.25, 0.3) is 0 Å². The van der Waals surface area contributed by atoms with Gasteiger partial charge in [-0.25, -0.2) is 0 Å². The molecule has 1 fully saturated rings. The monoisotopic (exact) mass is 237 g/mol. The fourth-order valence-electron chi connectivity index (χ4n) is 2.52. The van der Waals surface area contributed by atoms with E-state index in [0.29, 0.717) is 11.8 Å². The average Bonchev–Trinajstić information content (AvgIpc) is 2.80. The lowest BCUT2D eigenvalue weighted by Gasteiger charge is -2.23. The molecule has 0 amide bonds. The summed E-state index contributed by atoms with van der Waals surface area (Å²) in [6.45, 7) is 4.43. The largest absolute Gasteiger partial charge is 0.338 e. The molecule has 1 aliphatic rings. The summed E-state index contributed by atoms with van der Waals surface area (Å²) in [6.07, 6.45) is 6.86. The van der Waals surface area contributed by atoms with Crippen LogP contribution in [0.5, 0.6) is 0 Å². The minimum absolute atomic E-state index is 0.0937. The molecular formula is C13H23N3O. The van der Waals surface area contributed by atoms with Crippen molar-refractivity contribution >= 4 is 0 Å². The molecule has 1 atom stereocenters. The van der Waals surface area contributed by atoms with Crippen molar-refractivity contribution in [2.24, 2.45) is 11.7 Å². The molecule has 4 heteroatoms. The number of rotatable bonds is 4. The zero-order valence-corrected chi connectivity index (χ0v) is 10.9. The van der Waals surface area contributed by atoms with Gasteiger partial charge in [-0.15, -0.1) is 0 Å². The van der Waals surface area contributed by atoms with E-state index in [1.807, 2.05) is 0 Å². The van der Waals surface area contributed by atoms with Crippen LogP contribution in [0, 0.1) is 5.92 Å². The minimum Gasteiger partial charge on any atom is -0.338 e. The molecule has 1 heterocycles. The van der Waals surface area contributed by atoms with Crippen LogP contribution >= 0.6 is 0 Å². The van der Waals surface area contributed by atoms with Crippen LogP contribution in [0.1, 0.15) is 76.0 Å². The van der Waals surface area contributed by atoms with Gasteiger partial charge in [0.1, 0.15) is 0 Å². The highest BCUT2D eigenvalue weighted by Gasteiger charge is 2.24. The van der Waals surface area contributed by atoms with Gasteiger partial charge in [-0.2, -0.15) is 4.98 Å². The Morgan fingerprint density at radius 3 is 2.71 bits per heavy atom. The third kappa shape index (κ3) is 3.06. The number of hydrogen-bond donors (Lipinski definition) is 1. The maximum atomic E-state index is 5.97. The van der Waals surface area contributed by atoms with Gasteiger partial charge in [0.2, 0.25) is 5.89 Å². The van der Waals surface area contributed by atoms with E-state index in [-0.39, 0.29) is 6.04 Å². The highest BCUT2D eigenvalue weighted by molar-refractivity contribution is 4.99. The van der Waals surface area contributed by atoms with Crippen molar-refractivity contribution in [2.75, 3.05) is 0 Å². The molecule has 96 valence electrons. The van der Waals surface area contributed by atoms with Crippen LogP contribution < -0.4 is 5.73 Å². The van der Waals surface area contributed by atoms with Gasteiger partial charge in [0.05, 0.1) is 6.04 Å². The molecule has 17 heavy (non-hydrogen) atoms. The number of aromatic nitrogens is 2. The Morgan fingerprint density at radius 1 is 1.35 bits per heavy atom. The van der Waals surface area contributed by atoms with E-state index in [0.717, 1.165) is 24.6 Å². The molecule has 4 nitrogen and oxygen atoms in total. The van der Waals surface area contributed by atoms with Gasteiger partial charge < -0.3 is 10.3 Å². The lowest BCUT2D eigenvalue weighted by molar-refractivity contribution is 0.317. The summed E-state index contributed by atoms with van der Waals surface area (Å²) in [5.41, 5.74) is 5.97.